The summed E-state index contributed by atoms with van der Waals surface area (Å²) in [5.41, 5.74) is -0.345. The molecule has 0 saturated carbocycles. The highest BCUT2D eigenvalue weighted by Gasteiger charge is 2.49. The van der Waals surface area contributed by atoms with Crippen molar-refractivity contribution < 1.29 is 23.1 Å². The molecule has 0 atom stereocenters. The largest absolute Gasteiger partial charge is 0.508 e. The van der Waals surface area contributed by atoms with Gasteiger partial charge in [-0.25, -0.2) is 12.7 Å². The zero-order valence-electron chi connectivity index (χ0n) is 17.3. The molecule has 3 rings (SSSR count). The number of hydrogen-bond acceptors (Lipinski definition) is 6. The molecule has 1 amide bonds. The van der Waals surface area contributed by atoms with Crippen molar-refractivity contribution in [2.45, 2.75) is 32.7 Å². The van der Waals surface area contributed by atoms with E-state index in [4.69, 9.17) is 4.74 Å². The van der Waals surface area contributed by atoms with Crippen molar-refractivity contribution >= 4 is 20.8 Å². The van der Waals surface area contributed by atoms with E-state index in [9.17, 15) is 18.3 Å². The Hall–Kier alpha value is -3.00. The summed E-state index contributed by atoms with van der Waals surface area (Å²) in [7, 11) is -3.99. The fourth-order valence-corrected chi connectivity index (χ4v) is 5.35. The van der Waals surface area contributed by atoms with Crippen molar-refractivity contribution in [2.75, 3.05) is 13.2 Å². The summed E-state index contributed by atoms with van der Waals surface area (Å²) in [6.45, 7) is 5.77. The Labute approximate surface area is 177 Å². The van der Waals surface area contributed by atoms with Gasteiger partial charge in [0.1, 0.15) is 22.1 Å². The number of nitrogens with zero attached hydrogens (tertiary/aromatic N) is 1. The van der Waals surface area contributed by atoms with E-state index in [2.05, 4.69) is 5.32 Å². The summed E-state index contributed by atoms with van der Waals surface area (Å²) < 4.78 is 33.0. The fourth-order valence-electron chi connectivity index (χ4n) is 3.28. The van der Waals surface area contributed by atoms with Gasteiger partial charge in [0.05, 0.1) is 12.1 Å². The van der Waals surface area contributed by atoms with Crippen LogP contribution in [0.3, 0.4) is 0 Å². The fraction of sp³-hybridized carbons (Fsp3) is 0.318. The van der Waals surface area contributed by atoms with Crippen molar-refractivity contribution in [1.29, 1.82) is 0 Å². The van der Waals surface area contributed by atoms with Crippen molar-refractivity contribution in [1.82, 2.24) is 9.62 Å². The number of nitrogens with one attached hydrogen (secondary N) is 1. The van der Waals surface area contributed by atoms with Gasteiger partial charge in [0.2, 0.25) is 0 Å². The van der Waals surface area contributed by atoms with Crippen LogP contribution >= 0.6 is 0 Å². The SMILES string of the molecule is CC(C)(C)N1C(=O)C(NCCCOc2cccc(O)c2)=C(c2ccccc2)S1(=O)=O. The molecule has 30 heavy (non-hydrogen) atoms. The second-order valence-corrected chi connectivity index (χ2v) is 9.67. The maximum Gasteiger partial charge on any atom is 0.285 e. The minimum Gasteiger partial charge on any atom is -0.508 e. The van der Waals surface area contributed by atoms with Crippen LogP contribution in [0.1, 0.15) is 32.8 Å². The van der Waals surface area contributed by atoms with Gasteiger partial charge in [-0.3, -0.25) is 4.79 Å². The van der Waals surface area contributed by atoms with E-state index in [1.165, 1.54) is 6.07 Å². The van der Waals surface area contributed by atoms with Crippen molar-refractivity contribution in [3.63, 3.8) is 0 Å². The molecule has 0 fully saturated rings. The van der Waals surface area contributed by atoms with Gasteiger partial charge in [0, 0.05) is 12.6 Å². The first-order valence-corrected chi connectivity index (χ1v) is 11.1. The van der Waals surface area contributed by atoms with Gasteiger partial charge in [-0.15, -0.1) is 0 Å². The third-order valence-corrected chi connectivity index (χ3v) is 6.63. The molecule has 2 aromatic carbocycles. The van der Waals surface area contributed by atoms with Crippen LogP contribution in [-0.4, -0.2) is 42.4 Å². The van der Waals surface area contributed by atoms with E-state index in [0.717, 1.165) is 4.31 Å². The standard InChI is InChI=1S/C22H26N2O5S/c1-22(2,3)24-21(26)19(20(30(24,27)28)16-9-5-4-6-10-16)23-13-8-14-29-18-12-7-11-17(25)15-18/h4-7,9-12,15,23,25H,8,13-14H2,1-3H3. The normalized spacial score (nSPS) is 16.1. The van der Waals surface area contributed by atoms with E-state index >= 15 is 0 Å². The minimum atomic E-state index is -3.99. The number of rotatable bonds is 7. The number of amides is 1. The van der Waals surface area contributed by atoms with Crippen molar-refractivity contribution in [3.05, 3.63) is 65.9 Å². The maximum absolute atomic E-state index is 13.2. The van der Waals surface area contributed by atoms with Gasteiger partial charge >= 0.3 is 0 Å². The van der Waals surface area contributed by atoms with Crippen LogP contribution in [0.25, 0.3) is 4.91 Å². The molecule has 7 nitrogen and oxygen atoms in total. The lowest BCUT2D eigenvalue weighted by atomic mass is 10.1. The number of hydrogen-bond donors (Lipinski definition) is 2. The van der Waals surface area contributed by atoms with Crippen LogP contribution in [0.15, 0.2) is 60.3 Å². The topological polar surface area (TPSA) is 95.9 Å². The Balaban J connectivity index is 1.78. The molecule has 2 N–H and O–H groups in total. The van der Waals surface area contributed by atoms with Crippen LogP contribution < -0.4 is 10.1 Å². The van der Waals surface area contributed by atoms with Gasteiger partial charge in [-0.05, 0) is 44.9 Å². The van der Waals surface area contributed by atoms with E-state index in [1.54, 1.807) is 69.3 Å². The Morgan fingerprint density at radius 3 is 2.40 bits per heavy atom. The molecule has 8 heteroatoms. The number of phenols is 1. The summed E-state index contributed by atoms with van der Waals surface area (Å²) in [5.74, 6) is 0.0974. The predicted molar refractivity (Wildman–Crippen MR) is 115 cm³/mol. The molecule has 0 aliphatic carbocycles. The third-order valence-electron chi connectivity index (χ3n) is 4.48. The van der Waals surface area contributed by atoms with Crippen LogP contribution in [0.5, 0.6) is 11.5 Å². The highest BCUT2D eigenvalue weighted by Crippen LogP contribution is 2.38. The predicted octanol–water partition coefficient (Wildman–Crippen LogP) is 3.09. The number of carbonyl (C=O) groups is 1. The van der Waals surface area contributed by atoms with E-state index in [0.29, 0.717) is 30.9 Å². The van der Waals surface area contributed by atoms with Gasteiger partial charge in [-0.2, -0.15) is 0 Å². The van der Waals surface area contributed by atoms with Crippen LogP contribution in [0.4, 0.5) is 0 Å². The first-order chi connectivity index (χ1) is 14.1. The molecule has 0 spiro atoms. The zero-order chi connectivity index (χ0) is 21.9. The van der Waals surface area contributed by atoms with E-state index in [-0.39, 0.29) is 16.4 Å². The van der Waals surface area contributed by atoms with Gasteiger partial charge in [0.15, 0.2) is 0 Å². The Bertz CT molecular complexity index is 1060. The second kappa shape index (κ2) is 8.39. The third kappa shape index (κ3) is 4.43. The van der Waals surface area contributed by atoms with Crippen LogP contribution in [0, 0.1) is 0 Å². The lowest BCUT2D eigenvalue weighted by molar-refractivity contribution is -0.125. The molecule has 160 valence electrons. The smallest absolute Gasteiger partial charge is 0.285 e. The summed E-state index contributed by atoms with van der Waals surface area (Å²) in [4.78, 5) is 13.0. The lowest BCUT2D eigenvalue weighted by Crippen LogP contribution is -2.46. The molecule has 0 aromatic heterocycles. The quantitative estimate of drug-likeness (QED) is 0.656. The number of benzene rings is 2. The van der Waals surface area contributed by atoms with Gasteiger partial charge in [0.25, 0.3) is 15.9 Å². The zero-order valence-corrected chi connectivity index (χ0v) is 18.1. The highest BCUT2D eigenvalue weighted by molar-refractivity contribution is 7.99. The second-order valence-electron chi connectivity index (χ2n) is 7.94. The number of aromatic hydroxyl groups is 1. The minimum absolute atomic E-state index is 0.00285. The Kier molecular flexibility index (Phi) is 6.07. The lowest BCUT2D eigenvalue weighted by Gasteiger charge is -2.30. The molecule has 0 radical (unpaired) electrons. The molecule has 0 bridgehead atoms. The van der Waals surface area contributed by atoms with Crippen molar-refractivity contribution in [3.8, 4) is 11.5 Å². The molecule has 1 heterocycles. The number of carbonyl (C=O) groups excluding carboxylic acids is 1. The molecular formula is C22H26N2O5S. The van der Waals surface area contributed by atoms with Crippen LogP contribution in [0.2, 0.25) is 0 Å². The van der Waals surface area contributed by atoms with Crippen molar-refractivity contribution in [2.24, 2.45) is 0 Å². The molecule has 0 saturated heterocycles. The molecule has 1 aliphatic heterocycles. The summed E-state index contributed by atoms with van der Waals surface area (Å²) >= 11 is 0. The average Bonchev–Trinajstić information content (AvgIpc) is 2.87. The highest BCUT2D eigenvalue weighted by atomic mass is 32.2. The Morgan fingerprint density at radius 2 is 1.77 bits per heavy atom. The van der Waals surface area contributed by atoms with Crippen LogP contribution in [-0.2, 0) is 14.8 Å². The number of ether oxygens (including phenoxy) is 1. The summed E-state index contributed by atoms with van der Waals surface area (Å²) in [5, 5.41) is 12.5. The number of phenolic OH excluding ortho intramolecular Hbond substituents is 1. The average molecular weight is 431 g/mol. The summed E-state index contributed by atoms with van der Waals surface area (Å²) in [6, 6.07) is 15.1. The molecule has 0 unspecified atom stereocenters. The van der Waals surface area contributed by atoms with E-state index in [1.807, 2.05) is 0 Å². The monoisotopic (exact) mass is 430 g/mol. The molecule has 1 aliphatic rings. The van der Waals surface area contributed by atoms with Gasteiger partial charge < -0.3 is 15.2 Å². The maximum atomic E-state index is 13.2. The van der Waals surface area contributed by atoms with Gasteiger partial charge in [-0.1, -0.05) is 36.4 Å². The molecular weight excluding hydrogens is 404 g/mol. The first kappa shape index (κ1) is 21.7. The van der Waals surface area contributed by atoms with E-state index < -0.39 is 21.5 Å². The number of sulfonamides is 1. The Morgan fingerprint density at radius 1 is 1.07 bits per heavy atom. The summed E-state index contributed by atoms with van der Waals surface area (Å²) in [6.07, 6.45) is 0.532. The first-order valence-electron chi connectivity index (χ1n) is 9.67. The molecule has 2 aromatic rings.